The third kappa shape index (κ3) is 8.08. The van der Waals surface area contributed by atoms with Crippen LogP contribution in [0.4, 0.5) is 8.78 Å². The summed E-state index contributed by atoms with van der Waals surface area (Å²) >= 11 is 0. The van der Waals surface area contributed by atoms with Crippen molar-refractivity contribution in [3.63, 3.8) is 0 Å². The molecule has 0 aromatic heterocycles. The highest BCUT2D eigenvalue weighted by Crippen LogP contribution is 2.17. The molecular weight excluding hydrogens is 513 g/mol. The Morgan fingerprint density at radius 2 is 1.77 bits per heavy atom. The van der Waals surface area contributed by atoms with E-state index in [2.05, 4.69) is 27.8 Å². The van der Waals surface area contributed by atoms with E-state index in [4.69, 9.17) is 0 Å². The van der Waals surface area contributed by atoms with Gasteiger partial charge in [0.15, 0.2) is 5.96 Å². The minimum Gasteiger partial charge on any atom is -0.356 e. The quantitative estimate of drug-likeness (QED) is 0.306. The number of nitrogens with one attached hydrogen (secondary N) is 2. The van der Waals surface area contributed by atoms with Crippen LogP contribution in [0.5, 0.6) is 0 Å². The summed E-state index contributed by atoms with van der Waals surface area (Å²) in [4.78, 5) is 18.4. The van der Waals surface area contributed by atoms with Crippen molar-refractivity contribution < 1.29 is 13.6 Å². The van der Waals surface area contributed by atoms with Crippen molar-refractivity contribution in [1.29, 1.82) is 0 Å². The van der Waals surface area contributed by atoms with Crippen LogP contribution in [0.2, 0.25) is 0 Å². The third-order valence-electron chi connectivity index (χ3n) is 5.22. The summed E-state index contributed by atoms with van der Waals surface area (Å²) < 4.78 is 26.5. The maximum absolute atomic E-state index is 13.3. The van der Waals surface area contributed by atoms with Crippen molar-refractivity contribution in [2.75, 3.05) is 33.2 Å². The minimum atomic E-state index is -0.574. The Morgan fingerprint density at radius 3 is 2.45 bits per heavy atom. The molecule has 1 aliphatic rings. The summed E-state index contributed by atoms with van der Waals surface area (Å²) in [6.07, 6.45) is 1.86. The molecule has 5 nitrogen and oxygen atoms in total. The van der Waals surface area contributed by atoms with Gasteiger partial charge in [0, 0.05) is 51.6 Å². The molecule has 3 rings (SSSR count). The first kappa shape index (κ1) is 25.0. The van der Waals surface area contributed by atoms with Gasteiger partial charge in [-0.15, -0.1) is 24.0 Å². The van der Waals surface area contributed by atoms with Gasteiger partial charge in [0.05, 0.1) is 0 Å². The van der Waals surface area contributed by atoms with E-state index in [-0.39, 0.29) is 35.8 Å². The second kappa shape index (κ2) is 12.6. The van der Waals surface area contributed by atoms with Gasteiger partial charge in [-0.2, -0.15) is 0 Å². The lowest BCUT2D eigenvalue weighted by molar-refractivity contribution is -0.127. The predicted octanol–water partition coefficient (Wildman–Crippen LogP) is 3.38. The number of nitrogens with zero attached hydrogens (tertiary/aromatic N) is 2. The van der Waals surface area contributed by atoms with E-state index in [0.29, 0.717) is 37.5 Å². The zero-order valence-corrected chi connectivity index (χ0v) is 19.9. The molecule has 1 atom stereocenters. The number of amides is 1. The SMILES string of the molecule is CN=C(NCCc1cc(F)cc(F)c1)NCC1CC(=O)N(CCc2ccccc2)C1.I. The number of benzene rings is 2. The lowest BCUT2D eigenvalue weighted by Gasteiger charge is -2.18. The summed E-state index contributed by atoms with van der Waals surface area (Å²) in [5.41, 5.74) is 1.82. The maximum atomic E-state index is 13.3. The van der Waals surface area contributed by atoms with Crippen LogP contribution in [0.15, 0.2) is 53.5 Å². The molecule has 1 fully saturated rings. The second-order valence-electron chi connectivity index (χ2n) is 7.55. The van der Waals surface area contributed by atoms with Crippen LogP contribution in [0.3, 0.4) is 0 Å². The van der Waals surface area contributed by atoms with E-state index < -0.39 is 11.6 Å². The summed E-state index contributed by atoms with van der Waals surface area (Å²) in [7, 11) is 1.67. The zero-order chi connectivity index (χ0) is 21.3. The van der Waals surface area contributed by atoms with Crippen molar-refractivity contribution in [2.45, 2.75) is 19.3 Å². The van der Waals surface area contributed by atoms with Crippen LogP contribution in [0.25, 0.3) is 0 Å². The van der Waals surface area contributed by atoms with Crippen molar-refractivity contribution in [3.05, 3.63) is 71.3 Å². The van der Waals surface area contributed by atoms with Crippen LogP contribution in [0.1, 0.15) is 17.5 Å². The molecule has 1 saturated heterocycles. The van der Waals surface area contributed by atoms with E-state index in [9.17, 15) is 13.6 Å². The number of rotatable bonds is 8. The maximum Gasteiger partial charge on any atom is 0.223 e. The summed E-state index contributed by atoms with van der Waals surface area (Å²) in [6.45, 7) is 2.60. The Morgan fingerprint density at radius 1 is 1.06 bits per heavy atom. The van der Waals surface area contributed by atoms with Gasteiger partial charge >= 0.3 is 0 Å². The number of aliphatic imine (C=N–C) groups is 1. The van der Waals surface area contributed by atoms with Gasteiger partial charge in [-0.3, -0.25) is 9.79 Å². The normalized spacial score (nSPS) is 16.2. The highest BCUT2D eigenvalue weighted by atomic mass is 127. The molecule has 168 valence electrons. The number of hydrogen-bond donors (Lipinski definition) is 2. The lowest BCUT2D eigenvalue weighted by Crippen LogP contribution is -2.41. The number of carbonyl (C=O) groups excluding carboxylic acids is 1. The minimum absolute atomic E-state index is 0. The van der Waals surface area contributed by atoms with Crippen LogP contribution >= 0.6 is 24.0 Å². The monoisotopic (exact) mass is 542 g/mol. The molecule has 2 aromatic carbocycles. The first-order chi connectivity index (χ1) is 14.5. The van der Waals surface area contributed by atoms with Crippen molar-refractivity contribution in [1.82, 2.24) is 15.5 Å². The molecule has 8 heteroatoms. The predicted molar refractivity (Wildman–Crippen MR) is 130 cm³/mol. The largest absolute Gasteiger partial charge is 0.356 e. The molecule has 31 heavy (non-hydrogen) atoms. The highest BCUT2D eigenvalue weighted by molar-refractivity contribution is 14.0. The first-order valence-electron chi connectivity index (χ1n) is 10.2. The van der Waals surface area contributed by atoms with Crippen LogP contribution in [-0.4, -0.2) is 50.0 Å². The number of carbonyl (C=O) groups is 1. The van der Waals surface area contributed by atoms with Crippen molar-refractivity contribution in [3.8, 4) is 0 Å². The average molecular weight is 542 g/mol. The molecule has 1 heterocycles. The average Bonchev–Trinajstić information content (AvgIpc) is 3.08. The van der Waals surface area contributed by atoms with Gasteiger partial charge in [0.1, 0.15) is 11.6 Å². The van der Waals surface area contributed by atoms with Crippen LogP contribution in [0, 0.1) is 17.6 Å². The Kier molecular flexibility index (Phi) is 10.2. The Bertz CT molecular complexity index is 859. The molecule has 0 spiro atoms. The van der Waals surface area contributed by atoms with Gasteiger partial charge in [-0.1, -0.05) is 30.3 Å². The van der Waals surface area contributed by atoms with Crippen LogP contribution in [-0.2, 0) is 17.6 Å². The number of guanidine groups is 1. The number of likely N-dealkylation sites (tertiary alicyclic amines) is 1. The van der Waals surface area contributed by atoms with E-state index in [1.165, 1.54) is 17.7 Å². The smallest absolute Gasteiger partial charge is 0.223 e. The van der Waals surface area contributed by atoms with Gasteiger partial charge in [0.25, 0.3) is 0 Å². The fraction of sp³-hybridized carbons (Fsp3) is 0.391. The number of halogens is 3. The fourth-order valence-corrected chi connectivity index (χ4v) is 3.66. The first-order valence-corrected chi connectivity index (χ1v) is 10.2. The molecule has 0 saturated carbocycles. The lowest BCUT2D eigenvalue weighted by atomic mass is 10.1. The highest BCUT2D eigenvalue weighted by Gasteiger charge is 2.29. The standard InChI is InChI=1S/C23H28F2N4O.HI/c1-26-23(27-9-7-18-11-20(24)14-21(25)12-18)28-15-19-13-22(30)29(16-19)10-8-17-5-3-2-4-6-17;/h2-6,11-12,14,19H,7-10,13,15-16H2,1H3,(H2,26,27,28);1H. The molecule has 0 aliphatic carbocycles. The molecule has 1 aliphatic heterocycles. The molecule has 2 N–H and O–H groups in total. The topological polar surface area (TPSA) is 56.7 Å². The number of hydrogen-bond acceptors (Lipinski definition) is 2. The van der Waals surface area contributed by atoms with Gasteiger partial charge < -0.3 is 15.5 Å². The summed E-state index contributed by atoms with van der Waals surface area (Å²) in [6, 6.07) is 13.7. The Labute approximate surface area is 199 Å². The molecule has 2 aromatic rings. The van der Waals surface area contributed by atoms with Crippen LogP contribution < -0.4 is 10.6 Å². The van der Waals surface area contributed by atoms with E-state index in [1.807, 2.05) is 23.1 Å². The van der Waals surface area contributed by atoms with Crippen molar-refractivity contribution in [2.24, 2.45) is 10.9 Å². The fourth-order valence-electron chi connectivity index (χ4n) is 3.66. The van der Waals surface area contributed by atoms with E-state index in [0.717, 1.165) is 25.6 Å². The molecule has 1 amide bonds. The Hall–Kier alpha value is -2.23. The van der Waals surface area contributed by atoms with Gasteiger partial charge in [-0.05, 0) is 36.1 Å². The molecule has 1 unspecified atom stereocenters. The van der Waals surface area contributed by atoms with E-state index >= 15 is 0 Å². The summed E-state index contributed by atoms with van der Waals surface area (Å²) in [5, 5.41) is 6.39. The summed E-state index contributed by atoms with van der Waals surface area (Å²) in [5.74, 6) is -0.120. The zero-order valence-electron chi connectivity index (χ0n) is 17.6. The molecular formula is C23H29F2IN4O. The van der Waals surface area contributed by atoms with Gasteiger partial charge in [0.2, 0.25) is 5.91 Å². The Balaban J connectivity index is 0.00000341. The van der Waals surface area contributed by atoms with Gasteiger partial charge in [-0.25, -0.2) is 8.78 Å². The molecule has 0 bridgehead atoms. The van der Waals surface area contributed by atoms with Crippen molar-refractivity contribution >= 4 is 35.8 Å². The third-order valence-corrected chi connectivity index (χ3v) is 5.22. The second-order valence-corrected chi connectivity index (χ2v) is 7.55. The molecule has 0 radical (unpaired) electrons. The van der Waals surface area contributed by atoms with E-state index in [1.54, 1.807) is 7.05 Å².